The first-order valence-corrected chi connectivity index (χ1v) is 14.3. The number of hydrogen-bond acceptors (Lipinski definition) is 5. The molecule has 1 heterocycles. The number of pyridine rings is 1. The van der Waals surface area contributed by atoms with Crippen molar-refractivity contribution in [2.45, 2.75) is 12.5 Å². The Balaban J connectivity index is 1.76. The Bertz CT molecular complexity index is 1830. The van der Waals surface area contributed by atoms with Gasteiger partial charge in [-0.05, 0) is 12.1 Å². The predicted molar refractivity (Wildman–Crippen MR) is 165 cm³/mol. The summed E-state index contributed by atoms with van der Waals surface area (Å²) in [6.07, 6.45) is -1.80. The summed E-state index contributed by atoms with van der Waals surface area (Å²) in [4.78, 5) is 41.6. The van der Waals surface area contributed by atoms with Crippen LogP contribution in [0.1, 0.15) is 48.4 Å². The Morgan fingerprint density at radius 3 is 1.79 bits per heavy atom. The molecule has 16 heteroatoms. The molecule has 3 aromatic carbocycles. The van der Waals surface area contributed by atoms with Crippen LogP contribution in [0.2, 0.25) is 40.2 Å². The number of amides is 1. The molecule has 0 saturated carbocycles. The number of carboxylic acid groups (broad SMARTS) is 2. The van der Waals surface area contributed by atoms with Crippen molar-refractivity contribution in [3.05, 3.63) is 98.5 Å². The third-order valence-electron chi connectivity index (χ3n) is 5.99. The van der Waals surface area contributed by atoms with Gasteiger partial charge in [0.1, 0.15) is 0 Å². The Hall–Kier alpha value is -2.24. The van der Waals surface area contributed by atoms with Crippen molar-refractivity contribution in [1.82, 2.24) is 4.98 Å². The van der Waals surface area contributed by atoms with Gasteiger partial charge in [0.25, 0.3) is 5.91 Å². The number of rotatable bonds is 7. The van der Waals surface area contributed by atoms with Gasteiger partial charge in [0.2, 0.25) is 0 Å². The molecule has 4 aromatic rings. The van der Waals surface area contributed by atoms with Crippen LogP contribution < -0.4 is 5.32 Å². The number of aromatic nitrogens is 1. The molecule has 0 saturated heterocycles. The minimum absolute atomic E-state index is 0.130. The summed E-state index contributed by atoms with van der Waals surface area (Å²) < 4.78 is 0. The van der Waals surface area contributed by atoms with Gasteiger partial charge < -0.3 is 20.6 Å². The van der Waals surface area contributed by atoms with Crippen molar-refractivity contribution in [3.63, 3.8) is 0 Å². The zero-order chi connectivity index (χ0) is 31.2. The third-order valence-corrected chi connectivity index (χ3v) is 9.61. The van der Waals surface area contributed by atoms with Gasteiger partial charge in [-0.15, -0.1) is 0 Å². The lowest BCUT2D eigenvalue weighted by Crippen LogP contribution is -2.18. The minimum atomic E-state index is -1.57. The number of carboxylic acids is 2. The monoisotopic (exact) mass is 728 g/mol. The molecular formula is C26H12Cl8N2O6. The van der Waals surface area contributed by atoms with Crippen molar-refractivity contribution in [2.75, 3.05) is 5.32 Å². The SMILES string of the molecule is O=C(O)c1c(Cl)c(Cl)c(Cl)c(Cl)c1C(=O)Nc1cccc2ccc(CC(O)c3c(Cl)c(Cl)c(Cl)c(Cl)c3C(=O)O)nc12. The van der Waals surface area contributed by atoms with Crippen molar-refractivity contribution in [3.8, 4) is 0 Å². The highest BCUT2D eigenvalue weighted by atomic mass is 35.5. The van der Waals surface area contributed by atoms with E-state index in [0.29, 0.717) is 5.39 Å². The summed E-state index contributed by atoms with van der Waals surface area (Å²) >= 11 is 48.7. The van der Waals surface area contributed by atoms with E-state index >= 15 is 0 Å². The molecule has 218 valence electrons. The number of anilines is 1. The van der Waals surface area contributed by atoms with Crippen molar-refractivity contribution >= 4 is 127 Å². The number of fused-ring (bicyclic) bond motifs is 1. The van der Waals surface area contributed by atoms with Gasteiger partial charge >= 0.3 is 11.9 Å². The lowest BCUT2D eigenvalue weighted by atomic mass is 9.98. The van der Waals surface area contributed by atoms with Crippen molar-refractivity contribution in [2.24, 2.45) is 0 Å². The fourth-order valence-corrected chi connectivity index (χ4v) is 6.20. The maximum Gasteiger partial charge on any atom is 0.338 e. The van der Waals surface area contributed by atoms with Gasteiger partial charge in [0.15, 0.2) is 0 Å². The van der Waals surface area contributed by atoms with Crippen LogP contribution in [0.5, 0.6) is 0 Å². The lowest BCUT2D eigenvalue weighted by Gasteiger charge is -2.19. The molecule has 0 fully saturated rings. The normalized spacial score (nSPS) is 11.9. The van der Waals surface area contributed by atoms with Gasteiger partial charge in [-0.3, -0.25) is 9.78 Å². The van der Waals surface area contributed by atoms with Crippen LogP contribution in [0.3, 0.4) is 0 Å². The average Bonchev–Trinajstić information content (AvgIpc) is 2.93. The smallest absolute Gasteiger partial charge is 0.338 e. The number of para-hydroxylation sites is 1. The van der Waals surface area contributed by atoms with Gasteiger partial charge in [-0.25, -0.2) is 9.59 Å². The average molecular weight is 732 g/mol. The molecular weight excluding hydrogens is 720 g/mol. The van der Waals surface area contributed by atoms with E-state index in [1.54, 1.807) is 24.3 Å². The van der Waals surface area contributed by atoms with Crippen LogP contribution in [0.4, 0.5) is 5.69 Å². The van der Waals surface area contributed by atoms with E-state index in [2.05, 4.69) is 10.3 Å². The first kappa shape index (κ1) is 32.7. The summed E-state index contributed by atoms with van der Waals surface area (Å²) in [7, 11) is 0. The highest BCUT2D eigenvalue weighted by Crippen LogP contribution is 2.45. The van der Waals surface area contributed by atoms with E-state index in [1.165, 1.54) is 6.07 Å². The van der Waals surface area contributed by atoms with Gasteiger partial charge in [0, 0.05) is 23.1 Å². The molecule has 0 aliphatic carbocycles. The van der Waals surface area contributed by atoms with Crippen LogP contribution in [0, 0.1) is 0 Å². The standard InChI is InChI=1S/C26H12Cl8N2O6/c27-15-11(13(25(39)40)17(29)21(33)19(15)31)10(37)6-8-5-4-7-2-1-3-9(23(7)35-8)36-24(38)12-14(26(41)42)18(30)22(34)20(32)16(12)28/h1-5,10,37H,6H2,(H,36,38)(H,39,40)(H,41,42). The van der Waals surface area contributed by atoms with Crippen molar-refractivity contribution < 1.29 is 29.7 Å². The Kier molecular flexibility index (Phi) is 9.94. The molecule has 8 nitrogen and oxygen atoms in total. The van der Waals surface area contributed by atoms with E-state index in [9.17, 15) is 29.7 Å². The zero-order valence-corrected chi connectivity index (χ0v) is 26.3. The van der Waals surface area contributed by atoms with E-state index in [0.717, 1.165) is 0 Å². The van der Waals surface area contributed by atoms with Crippen LogP contribution in [0.25, 0.3) is 10.9 Å². The summed E-state index contributed by atoms with van der Waals surface area (Å²) in [5.41, 5.74) is -1.37. The molecule has 0 bridgehead atoms. The summed E-state index contributed by atoms with van der Waals surface area (Å²) in [6.45, 7) is 0. The molecule has 0 aliphatic rings. The molecule has 0 radical (unpaired) electrons. The van der Waals surface area contributed by atoms with Gasteiger partial charge in [-0.2, -0.15) is 0 Å². The van der Waals surface area contributed by atoms with Crippen LogP contribution in [0.15, 0.2) is 30.3 Å². The second-order valence-electron chi connectivity index (χ2n) is 8.51. The predicted octanol–water partition coefficient (Wildman–Crippen LogP) is 9.39. The number of benzene rings is 3. The molecule has 1 amide bonds. The van der Waals surface area contributed by atoms with Crippen LogP contribution in [-0.2, 0) is 6.42 Å². The molecule has 0 spiro atoms. The molecule has 4 N–H and O–H groups in total. The highest BCUT2D eigenvalue weighted by Gasteiger charge is 2.31. The van der Waals surface area contributed by atoms with E-state index in [4.69, 9.17) is 92.8 Å². The summed E-state index contributed by atoms with van der Waals surface area (Å²) in [5, 5.41) is 30.7. The molecule has 1 aromatic heterocycles. The minimum Gasteiger partial charge on any atom is -0.478 e. The molecule has 42 heavy (non-hydrogen) atoms. The third kappa shape index (κ3) is 5.93. The number of carbonyl (C=O) groups excluding carboxylic acids is 1. The van der Waals surface area contributed by atoms with Crippen LogP contribution in [-0.4, -0.2) is 38.1 Å². The van der Waals surface area contributed by atoms with Crippen LogP contribution >= 0.6 is 92.8 Å². The summed E-state index contributed by atoms with van der Waals surface area (Å²) in [6, 6.07) is 7.96. The largest absolute Gasteiger partial charge is 0.478 e. The second-order valence-corrected chi connectivity index (χ2v) is 11.5. The second kappa shape index (κ2) is 12.8. The number of nitrogens with zero attached hydrogens (tertiary/aromatic N) is 1. The maximum atomic E-state index is 13.3. The Morgan fingerprint density at radius 1 is 0.690 bits per heavy atom. The number of carbonyl (C=O) groups is 3. The maximum absolute atomic E-state index is 13.3. The lowest BCUT2D eigenvalue weighted by molar-refractivity contribution is 0.0681. The van der Waals surface area contributed by atoms with Crippen molar-refractivity contribution in [1.29, 1.82) is 0 Å². The molecule has 4 rings (SSSR count). The van der Waals surface area contributed by atoms with E-state index < -0.39 is 55.7 Å². The highest BCUT2D eigenvalue weighted by molar-refractivity contribution is 6.54. The van der Waals surface area contributed by atoms with E-state index in [-0.39, 0.29) is 54.0 Å². The zero-order valence-electron chi connectivity index (χ0n) is 20.2. The fourth-order valence-electron chi connectivity index (χ4n) is 4.10. The number of aliphatic hydroxyl groups excluding tert-OH is 1. The van der Waals surface area contributed by atoms with Gasteiger partial charge in [-0.1, -0.05) is 111 Å². The topological polar surface area (TPSA) is 137 Å². The molecule has 0 aliphatic heterocycles. The number of hydrogen-bond donors (Lipinski definition) is 4. The number of aliphatic hydroxyl groups is 1. The number of aromatic carboxylic acids is 2. The Morgan fingerprint density at radius 2 is 1.21 bits per heavy atom. The van der Waals surface area contributed by atoms with Gasteiger partial charge in [0.05, 0.1) is 74.2 Å². The first-order chi connectivity index (χ1) is 19.7. The summed E-state index contributed by atoms with van der Waals surface area (Å²) in [5.74, 6) is -4.03. The molecule has 1 unspecified atom stereocenters. The Labute approximate surface area is 276 Å². The number of nitrogens with one attached hydrogen (secondary N) is 1. The van der Waals surface area contributed by atoms with E-state index in [1.807, 2.05) is 0 Å². The molecule has 1 atom stereocenters. The fraction of sp³-hybridized carbons (Fsp3) is 0.0769. The quantitative estimate of drug-likeness (QED) is 0.110. The first-order valence-electron chi connectivity index (χ1n) is 11.2. The number of halogens is 8.